The molecular weight excluding hydrogens is 410 g/mol. The number of aromatic nitrogens is 1. The average molecular weight is 430 g/mol. The van der Waals surface area contributed by atoms with Gasteiger partial charge in [-0.25, -0.2) is 4.98 Å². The number of benzene rings is 2. The van der Waals surface area contributed by atoms with Crippen LogP contribution in [0.25, 0.3) is 11.3 Å². The second-order valence-electron chi connectivity index (χ2n) is 6.35. The van der Waals surface area contributed by atoms with Crippen LogP contribution in [0.15, 0.2) is 42.5 Å². The average Bonchev–Trinajstić information content (AvgIpc) is 3.06. The Morgan fingerprint density at radius 2 is 1.86 bits per heavy atom. The third kappa shape index (κ3) is 5.13. The van der Waals surface area contributed by atoms with Gasteiger partial charge in [0.25, 0.3) is 5.91 Å². The molecule has 3 aromatic rings. The summed E-state index contributed by atoms with van der Waals surface area (Å²) in [6.45, 7) is 3.76. The molecule has 2 amide bonds. The summed E-state index contributed by atoms with van der Waals surface area (Å²) in [5.41, 5.74) is 3.20. The first kappa shape index (κ1) is 20.8. The van der Waals surface area contributed by atoms with Crippen LogP contribution >= 0.6 is 22.9 Å². The predicted octanol–water partition coefficient (Wildman–Crippen LogP) is 4.46. The number of ether oxygens (including phenoxy) is 1. The van der Waals surface area contributed by atoms with Crippen LogP contribution in [0.3, 0.4) is 0 Å². The molecule has 0 saturated carbocycles. The molecule has 0 saturated heterocycles. The topological polar surface area (TPSA) is 80.3 Å². The van der Waals surface area contributed by atoms with Gasteiger partial charge in [0.2, 0.25) is 5.91 Å². The monoisotopic (exact) mass is 429 g/mol. The van der Waals surface area contributed by atoms with Crippen LogP contribution in [-0.2, 0) is 4.79 Å². The molecule has 29 heavy (non-hydrogen) atoms. The zero-order valence-corrected chi connectivity index (χ0v) is 17.8. The number of halogens is 1. The molecular formula is C21H20ClN3O3S. The Kier molecular flexibility index (Phi) is 6.51. The smallest absolute Gasteiger partial charge is 0.251 e. The van der Waals surface area contributed by atoms with Gasteiger partial charge in [0.15, 0.2) is 5.13 Å². The van der Waals surface area contributed by atoms with E-state index in [1.807, 2.05) is 32.0 Å². The largest absolute Gasteiger partial charge is 0.496 e. The third-order valence-corrected chi connectivity index (χ3v) is 5.37. The van der Waals surface area contributed by atoms with Gasteiger partial charge >= 0.3 is 0 Å². The predicted molar refractivity (Wildman–Crippen MR) is 116 cm³/mol. The minimum atomic E-state index is -0.349. The van der Waals surface area contributed by atoms with Gasteiger partial charge in [-0.05, 0) is 61.9 Å². The van der Waals surface area contributed by atoms with E-state index in [0.29, 0.717) is 15.7 Å². The summed E-state index contributed by atoms with van der Waals surface area (Å²) in [5, 5.41) is 6.34. The second-order valence-corrected chi connectivity index (χ2v) is 7.99. The highest BCUT2D eigenvalue weighted by Gasteiger charge is 2.14. The number of methoxy groups -OCH3 is 1. The highest BCUT2D eigenvalue weighted by molar-refractivity contribution is 7.16. The molecule has 0 atom stereocenters. The van der Waals surface area contributed by atoms with Crippen molar-refractivity contribution in [2.45, 2.75) is 13.8 Å². The maximum Gasteiger partial charge on any atom is 0.251 e. The van der Waals surface area contributed by atoms with Crippen molar-refractivity contribution in [1.29, 1.82) is 0 Å². The fourth-order valence-corrected chi connectivity index (χ4v) is 3.75. The molecule has 1 aromatic heterocycles. The number of nitrogens with zero attached hydrogens (tertiary/aromatic N) is 1. The van der Waals surface area contributed by atoms with Crippen molar-refractivity contribution in [3.8, 4) is 17.0 Å². The van der Waals surface area contributed by atoms with Crippen LogP contribution in [0.5, 0.6) is 5.75 Å². The molecule has 0 bridgehead atoms. The van der Waals surface area contributed by atoms with E-state index in [9.17, 15) is 9.59 Å². The molecule has 2 aromatic carbocycles. The summed E-state index contributed by atoms with van der Waals surface area (Å²) in [5.74, 6) is 0.117. The number of thiazole rings is 1. The summed E-state index contributed by atoms with van der Waals surface area (Å²) < 4.78 is 5.29. The molecule has 0 aliphatic carbocycles. The Labute approximate surface area is 177 Å². The quantitative estimate of drug-likeness (QED) is 0.606. The molecule has 6 nitrogen and oxygen atoms in total. The van der Waals surface area contributed by atoms with Crippen LogP contribution in [0, 0.1) is 13.8 Å². The van der Waals surface area contributed by atoms with E-state index >= 15 is 0 Å². The van der Waals surface area contributed by atoms with Crippen LogP contribution in [0.4, 0.5) is 5.13 Å². The van der Waals surface area contributed by atoms with Gasteiger partial charge < -0.3 is 15.4 Å². The Morgan fingerprint density at radius 3 is 2.52 bits per heavy atom. The number of aryl methyl sites for hydroxylation is 2. The fourth-order valence-electron chi connectivity index (χ4n) is 2.77. The summed E-state index contributed by atoms with van der Waals surface area (Å²) >= 11 is 7.19. The lowest BCUT2D eigenvalue weighted by Crippen LogP contribution is -2.32. The number of carbonyl (C=O) groups excluding carboxylic acids is 2. The van der Waals surface area contributed by atoms with Crippen molar-refractivity contribution in [2.24, 2.45) is 0 Å². The number of hydrogen-bond donors (Lipinski definition) is 2. The van der Waals surface area contributed by atoms with E-state index in [2.05, 4.69) is 15.6 Å². The zero-order valence-electron chi connectivity index (χ0n) is 16.2. The first-order valence-corrected chi connectivity index (χ1v) is 10.0. The minimum Gasteiger partial charge on any atom is -0.496 e. The molecule has 0 aliphatic heterocycles. The lowest BCUT2D eigenvalue weighted by Gasteiger charge is -2.06. The van der Waals surface area contributed by atoms with Gasteiger partial charge in [-0.1, -0.05) is 11.6 Å². The Morgan fingerprint density at radius 1 is 1.14 bits per heavy atom. The maximum absolute atomic E-state index is 12.2. The van der Waals surface area contributed by atoms with E-state index in [1.54, 1.807) is 31.4 Å². The van der Waals surface area contributed by atoms with E-state index < -0.39 is 0 Å². The fraction of sp³-hybridized carbons (Fsp3) is 0.190. The normalized spacial score (nSPS) is 10.5. The molecule has 1 heterocycles. The molecule has 150 valence electrons. The van der Waals surface area contributed by atoms with Crippen LogP contribution in [-0.4, -0.2) is 30.5 Å². The third-order valence-electron chi connectivity index (χ3n) is 4.23. The maximum atomic E-state index is 12.2. The van der Waals surface area contributed by atoms with Crippen LogP contribution < -0.4 is 15.4 Å². The van der Waals surface area contributed by atoms with Crippen molar-refractivity contribution in [3.63, 3.8) is 0 Å². The number of rotatable bonds is 6. The van der Waals surface area contributed by atoms with Gasteiger partial charge in [0.1, 0.15) is 5.75 Å². The molecule has 0 aliphatic rings. The SMILES string of the molecule is COc1ccc(-c2nc(NC(=O)CNC(=O)c3ccc(Cl)cc3)sc2C)cc1C. The lowest BCUT2D eigenvalue weighted by molar-refractivity contribution is -0.115. The Balaban J connectivity index is 1.62. The van der Waals surface area contributed by atoms with Gasteiger partial charge in [-0.15, -0.1) is 11.3 Å². The van der Waals surface area contributed by atoms with Gasteiger partial charge in [-0.3, -0.25) is 9.59 Å². The number of nitrogens with one attached hydrogen (secondary N) is 2. The molecule has 8 heteroatoms. The zero-order chi connectivity index (χ0) is 21.0. The first-order chi connectivity index (χ1) is 13.9. The van der Waals surface area contributed by atoms with E-state index in [4.69, 9.17) is 16.3 Å². The van der Waals surface area contributed by atoms with Gasteiger partial charge in [0, 0.05) is 21.0 Å². The summed E-state index contributed by atoms with van der Waals surface area (Å²) in [6.07, 6.45) is 0. The van der Waals surface area contributed by atoms with Gasteiger partial charge in [-0.2, -0.15) is 0 Å². The molecule has 3 rings (SSSR count). The highest BCUT2D eigenvalue weighted by atomic mass is 35.5. The molecule has 0 radical (unpaired) electrons. The number of amides is 2. The molecule has 0 unspecified atom stereocenters. The van der Waals surface area contributed by atoms with Crippen molar-refractivity contribution in [2.75, 3.05) is 19.0 Å². The summed E-state index contributed by atoms with van der Waals surface area (Å²) in [6, 6.07) is 12.3. The van der Waals surface area contributed by atoms with E-state index in [0.717, 1.165) is 27.4 Å². The van der Waals surface area contributed by atoms with Crippen molar-refractivity contribution >= 4 is 39.9 Å². The first-order valence-electron chi connectivity index (χ1n) is 8.83. The van der Waals surface area contributed by atoms with Gasteiger partial charge in [0.05, 0.1) is 19.3 Å². The minimum absolute atomic E-state index is 0.156. The van der Waals surface area contributed by atoms with Crippen LogP contribution in [0.2, 0.25) is 5.02 Å². The Hall–Kier alpha value is -2.90. The lowest BCUT2D eigenvalue weighted by atomic mass is 10.1. The van der Waals surface area contributed by atoms with Crippen molar-refractivity contribution in [1.82, 2.24) is 10.3 Å². The standard InChI is InChI=1S/C21H20ClN3O3S/c1-12-10-15(6-9-17(12)28-3)19-13(2)29-21(25-19)24-18(26)11-23-20(27)14-4-7-16(22)8-5-14/h4-10H,11H2,1-3H3,(H,23,27)(H,24,25,26). The molecule has 0 fully saturated rings. The molecule has 2 N–H and O–H groups in total. The summed E-state index contributed by atoms with van der Waals surface area (Å²) in [4.78, 5) is 29.8. The number of hydrogen-bond acceptors (Lipinski definition) is 5. The van der Waals surface area contributed by atoms with Crippen LogP contribution in [0.1, 0.15) is 20.8 Å². The van der Waals surface area contributed by atoms with Crippen molar-refractivity contribution in [3.05, 3.63) is 63.5 Å². The number of carbonyl (C=O) groups is 2. The highest BCUT2D eigenvalue weighted by Crippen LogP contribution is 2.32. The Bertz CT molecular complexity index is 1050. The number of anilines is 1. The van der Waals surface area contributed by atoms with E-state index in [1.165, 1.54) is 11.3 Å². The van der Waals surface area contributed by atoms with E-state index in [-0.39, 0.29) is 18.4 Å². The van der Waals surface area contributed by atoms with Crippen molar-refractivity contribution < 1.29 is 14.3 Å². The molecule has 0 spiro atoms. The second kappa shape index (κ2) is 9.07. The summed E-state index contributed by atoms with van der Waals surface area (Å²) in [7, 11) is 1.63.